The Kier molecular flexibility index (Phi) is 8.14. The van der Waals surface area contributed by atoms with Crippen molar-refractivity contribution < 1.29 is 18.3 Å². The Labute approximate surface area is 224 Å². The molecular weight excluding hydrogens is 498 g/mol. The highest BCUT2D eigenvalue weighted by molar-refractivity contribution is 7.92. The van der Waals surface area contributed by atoms with E-state index in [2.05, 4.69) is 25.8 Å². The van der Waals surface area contributed by atoms with Gasteiger partial charge in [-0.2, -0.15) is 0 Å². The van der Waals surface area contributed by atoms with Crippen molar-refractivity contribution in [1.82, 2.24) is 9.88 Å². The molecule has 7 nitrogen and oxygen atoms in total. The molecule has 1 aromatic heterocycles. The van der Waals surface area contributed by atoms with Gasteiger partial charge >= 0.3 is 0 Å². The minimum atomic E-state index is -4.10. The number of amides is 1. The molecule has 1 amide bonds. The second-order valence-corrected chi connectivity index (χ2v) is 12.1. The van der Waals surface area contributed by atoms with Crippen molar-refractivity contribution in [2.45, 2.75) is 37.6 Å². The molecule has 38 heavy (non-hydrogen) atoms. The van der Waals surface area contributed by atoms with Crippen LogP contribution in [0.5, 0.6) is 0 Å². The molecule has 0 saturated heterocycles. The Bertz CT molecular complexity index is 1500. The first-order chi connectivity index (χ1) is 18.1. The van der Waals surface area contributed by atoms with E-state index in [-0.39, 0.29) is 30.0 Å². The number of hydrogen-bond acceptors (Lipinski definition) is 5. The summed E-state index contributed by atoms with van der Waals surface area (Å²) in [5.74, 6) is -0.413. The van der Waals surface area contributed by atoms with Crippen molar-refractivity contribution in [2.24, 2.45) is 0 Å². The van der Waals surface area contributed by atoms with Crippen LogP contribution in [0.3, 0.4) is 0 Å². The van der Waals surface area contributed by atoms with Crippen LogP contribution in [-0.4, -0.2) is 49.0 Å². The summed E-state index contributed by atoms with van der Waals surface area (Å²) in [6, 6.07) is 25.0. The normalized spacial score (nSPS) is 11.9. The average Bonchev–Trinajstić information content (AvgIpc) is 2.91. The summed E-state index contributed by atoms with van der Waals surface area (Å²) >= 11 is 0. The number of anilines is 1. The summed E-state index contributed by atoms with van der Waals surface area (Å²) in [5, 5.41) is 10.4. The van der Waals surface area contributed by atoms with Crippen LogP contribution >= 0.6 is 0 Å². The zero-order chi connectivity index (χ0) is 27.3. The third kappa shape index (κ3) is 6.20. The SMILES string of the molecule is CC(C)(C)c1ccc(S(=O)(=O)N(CC(=O)N(CCO)Cc2ccccc2)c2ccc3ncccc3c2)cc1. The van der Waals surface area contributed by atoms with E-state index < -0.39 is 22.5 Å². The molecule has 0 unspecified atom stereocenters. The second kappa shape index (κ2) is 11.3. The minimum Gasteiger partial charge on any atom is -0.395 e. The summed E-state index contributed by atoms with van der Waals surface area (Å²) in [6.45, 7) is 5.88. The number of nitrogens with zero attached hydrogens (tertiary/aromatic N) is 3. The van der Waals surface area contributed by atoms with Gasteiger partial charge in [0.2, 0.25) is 5.91 Å². The number of rotatable bonds is 9. The van der Waals surface area contributed by atoms with Crippen LogP contribution in [0.15, 0.2) is 96.0 Å². The van der Waals surface area contributed by atoms with Crippen LogP contribution in [-0.2, 0) is 26.8 Å². The molecule has 8 heteroatoms. The Hall–Kier alpha value is -3.75. The van der Waals surface area contributed by atoms with Gasteiger partial charge in [-0.1, -0.05) is 69.3 Å². The first-order valence-corrected chi connectivity index (χ1v) is 13.9. The Morgan fingerprint density at radius 1 is 0.921 bits per heavy atom. The highest BCUT2D eigenvalue weighted by Crippen LogP contribution is 2.29. The van der Waals surface area contributed by atoms with Crippen LogP contribution in [0.1, 0.15) is 31.9 Å². The molecule has 1 N–H and O–H groups in total. The summed E-state index contributed by atoms with van der Waals surface area (Å²) < 4.78 is 29.1. The third-order valence-corrected chi connectivity index (χ3v) is 8.19. The average molecular weight is 532 g/mol. The van der Waals surface area contributed by atoms with Crippen molar-refractivity contribution in [3.05, 3.63) is 102 Å². The lowest BCUT2D eigenvalue weighted by atomic mass is 9.87. The number of aromatic nitrogens is 1. The lowest BCUT2D eigenvalue weighted by molar-refractivity contribution is -0.130. The summed E-state index contributed by atoms with van der Waals surface area (Å²) in [7, 11) is -4.10. The van der Waals surface area contributed by atoms with Crippen molar-refractivity contribution in [3.8, 4) is 0 Å². The van der Waals surface area contributed by atoms with Crippen molar-refractivity contribution in [1.29, 1.82) is 0 Å². The predicted octanol–water partition coefficient (Wildman–Crippen LogP) is 4.75. The molecule has 198 valence electrons. The molecule has 4 aromatic rings. The Balaban J connectivity index is 1.73. The quantitative estimate of drug-likeness (QED) is 0.337. The van der Waals surface area contributed by atoms with E-state index in [4.69, 9.17) is 0 Å². The number of hydrogen-bond donors (Lipinski definition) is 1. The molecule has 3 aromatic carbocycles. The lowest BCUT2D eigenvalue weighted by Crippen LogP contribution is -2.43. The molecule has 1 heterocycles. The fourth-order valence-corrected chi connectivity index (χ4v) is 5.63. The maximum Gasteiger partial charge on any atom is 0.264 e. The molecule has 0 bridgehead atoms. The van der Waals surface area contributed by atoms with Crippen LogP contribution in [0.4, 0.5) is 5.69 Å². The van der Waals surface area contributed by atoms with Gasteiger partial charge in [0.05, 0.1) is 22.7 Å². The number of pyridine rings is 1. The smallest absolute Gasteiger partial charge is 0.264 e. The van der Waals surface area contributed by atoms with E-state index in [0.717, 1.165) is 26.3 Å². The second-order valence-electron chi connectivity index (χ2n) is 10.2. The maximum absolute atomic E-state index is 14.0. The Morgan fingerprint density at radius 3 is 2.29 bits per heavy atom. The molecule has 0 aliphatic rings. The molecule has 0 aliphatic heterocycles. The topological polar surface area (TPSA) is 90.8 Å². The molecule has 0 spiro atoms. The Morgan fingerprint density at radius 2 is 1.63 bits per heavy atom. The first kappa shape index (κ1) is 27.3. The fraction of sp³-hybridized carbons (Fsp3) is 0.267. The van der Waals surface area contributed by atoms with E-state index in [1.165, 1.54) is 4.90 Å². The predicted molar refractivity (Wildman–Crippen MR) is 150 cm³/mol. The number of fused-ring (bicyclic) bond motifs is 1. The standard InChI is InChI=1S/C30H33N3O4S/c1-30(2,3)25-11-14-27(15-12-25)38(36,37)33(26-13-16-28-24(20-26)10-7-17-31-28)22-29(35)32(18-19-34)21-23-8-5-4-6-9-23/h4-17,20,34H,18-19,21-22H2,1-3H3. The number of sulfonamides is 1. The fourth-order valence-electron chi connectivity index (χ4n) is 4.23. The van der Waals surface area contributed by atoms with Gasteiger partial charge < -0.3 is 10.0 Å². The largest absolute Gasteiger partial charge is 0.395 e. The molecule has 0 radical (unpaired) electrons. The van der Waals surface area contributed by atoms with Gasteiger partial charge in [-0.25, -0.2) is 8.42 Å². The zero-order valence-electron chi connectivity index (χ0n) is 21.9. The number of aliphatic hydroxyl groups is 1. The molecule has 0 atom stereocenters. The van der Waals surface area contributed by atoms with Gasteiger partial charge in [0, 0.05) is 24.7 Å². The monoisotopic (exact) mass is 531 g/mol. The molecule has 4 rings (SSSR count). The van der Waals surface area contributed by atoms with Crippen molar-refractivity contribution in [2.75, 3.05) is 24.0 Å². The molecule has 0 saturated carbocycles. The number of carbonyl (C=O) groups is 1. The van der Waals surface area contributed by atoms with Gasteiger partial charge in [0.25, 0.3) is 10.0 Å². The van der Waals surface area contributed by atoms with Gasteiger partial charge in [-0.05, 0) is 52.9 Å². The highest BCUT2D eigenvalue weighted by atomic mass is 32.2. The molecule has 0 aliphatic carbocycles. The minimum absolute atomic E-state index is 0.0868. The number of aliphatic hydroxyl groups excluding tert-OH is 1. The van der Waals surface area contributed by atoms with Crippen LogP contribution in [0.2, 0.25) is 0 Å². The van der Waals surface area contributed by atoms with E-state index in [9.17, 15) is 18.3 Å². The summed E-state index contributed by atoms with van der Waals surface area (Å²) in [5.41, 5.74) is 2.85. The van der Waals surface area contributed by atoms with E-state index in [1.54, 1.807) is 42.6 Å². The zero-order valence-corrected chi connectivity index (χ0v) is 22.7. The van der Waals surface area contributed by atoms with Gasteiger partial charge in [0.15, 0.2) is 0 Å². The number of carbonyl (C=O) groups excluding carboxylic acids is 1. The van der Waals surface area contributed by atoms with E-state index >= 15 is 0 Å². The number of benzene rings is 3. The van der Waals surface area contributed by atoms with Gasteiger partial charge in [0.1, 0.15) is 6.54 Å². The lowest BCUT2D eigenvalue weighted by Gasteiger charge is -2.29. The highest BCUT2D eigenvalue weighted by Gasteiger charge is 2.30. The van der Waals surface area contributed by atoms with Crippen LogP contribution in [0, 0.1) is 0 Å². The van der Waals surface area contributed by atoms with Gasteiger partial charge in [-0.3, -0.25) is 14.1 Å². The van der Waals surface area contributed by atoms with Crippen LogP contribution in [0.25, 0.3) is 10.9 Å². The van der Waals surface area contributed by atoms with Crippen molar-refractivity contribution >= 4 is 32.5 Å². The molecule has 0 fully saturated rings. The third-order valence-electron chi connectivity index (χ3n) is 6.40. The van der Waals surface area contributed by atoms with Crippen LogP contribution < -0.4 is 4.31 Å². The van der Waals surface area contributed by atoms with E-state index in [1.807, 2.05) is 48.5 Å². The van der Waals surface area contributed by atoms with E-state index in [0.29, 0.717) is 5.69 Å². The van der Waals surface area contributed by atoms with Crippen molar-refractivity contribution in [3.63, 3.8) is 0 Å². The summed E-state index contributed by atoms with van der Waals surface area (Å²) in [6.07, 6.45) is 1.67. The van der Waals surface area contributed by atoms with Gasteiger partial charge in [-0.15, -0.1) is 0 Å². The molecular formula is C30H33N3O4S. The maximum atomic E-state index is 14.0. The summed E-state index contributed by atoms with van der Waals surface area (Å²) in [4.78, 5) is 19.4. The first-order valence-electron chi connectivity index (χ1n) is 12.5.